The maximum absolute atomic E-state index is 6.15. The molecule has 0 amide bonds. The van der Waals surface area contributed by atoms with Gasteiger partial charge < -0.3 is 9.72 Å². The van der Waals surface area contributed by atoms with E-state index in [1.54, 1.807) is 18.6 Å². The molecule has 3 aromatic carbocycles. The van der Waals surface area contributed by atoms with Crippen molar-refractivity contribution in [1.29, 1.82) is 0 Å². The Morgan fingerprint density at radius 2 is 1.55 bits per heavy atom. The highest BCUT2D eigenvalue weighted by atomic mass is 16.5. The molecular formula is C27H19N5O. The fourth-order valence-electron chi connectivity index (χ4n) is 3.96. The number of hydrogen-bond donors (Lipinski definition) is 1. The molecule has 158 valence electrons. The highest BCUT2D eigenvalue weighted by Crippen LogP contribution is 2.33. The molecule has 3 heterocycles. The maximum Gasteiger partial charge on any atom is 0.246 e. The predicted octanol–water partition coefficient (Wildman–Crippen LogP) is 5.95. The number of nitrogens with zero attached hydrogens (tertiary/aromatic N) is 4. The second-order valence-corrected chi connectivity index (χ2v) is 7.71. The van der Waals surface area contributed by atoms with E-state index in [1.165, 1.54) is 0 Å². The average Bonchev–Trinajstić information content (AvgIpc) is 3.28. The highest BCUT2D eigenvalue weighted by molar-refractivity contribution is 5.94. The van der Waals surface area contributed by atoms with Gasteiger partial charge in [0, 0.05) is 36.0 Å². The molecule has 0 radical (unpaired) electrons. The molecule has 3 aromatic heterocycles. The van der Waals surface area contributed by atoms with Crippen LogP contribution < -0.4 is 4.74 Å². The number of imidazole rings is 1. The first kappa shape index (κ1) is 19.1. The van der Waals surface area contributed by atoms with E-state index in [-0.39, 0.29) is 0 Å². The second-order valence-electron chi connectivity index (χ2n) is 7.71. The molecule has 0 bridgehead atoms. The van der Waals surface area contributed by atoms with Crippen LogP contribution in [0.2, 0.25) is 0 Å². The van der Waals surface area contributed by atoms with Crippen molar-refractivity contribution in [1.82, 2.24) is 24.9 Å². The van der Waals surface area contributed by atoms with Gasteiger partial charge >= 0.3 is 0 Å². The number of hydrogen-bond acceptors (Lipinski definition) is 5. The summed E-state index contributed by atoms with van der Waals surface area (Å²) < 4.78 is 6.15. The molecule has 0 aliphatic carbocycles. The van der Waals surface area contributed by atoms with Gasteiger partial charge in [0.25, 0.3) is 0 Å². The highest BCUT2D eigenvalue weighted by Gasteiger charge is 2.14. The summed E-state index contributed by atoms with van der Waals surface area (Å²) in [7, 11) is 0. The number of benzene rings is 3. The number of fused-ring (bicyclic) bond motifs is 2. The Morgan fingerprint density at radius 1 is 0.697 bits per heavy atom. The third-order valence-corrected chi connectivity index (χ3v) is 5.51. The summed E-state index contributed by atoms with van der Waals surface area (Å²) in [5.41, 5.74) is 5.69. The lowest BCUT2D eigenvalue weighted by Crippen LogP contribution is -1.96. The van der Waals surface area contributed by atoms with Crippen LogP contribution in [0.15, 0.2) is 97.5 Å². The van der Waals surface area contributed by atoms with Gasteiger partial charge in [0.1, 0.15) is 17.3 Å². The van der Waals surface area contributed by atoms with Gasteiger partial charge in [-0.3, -0.25) is 4.98 Å². The summed E-state index contributed by atoms with van der Waals surface area (Å²) in [6, 6.07) is 25.9. The summed E-state index contributed by atoms with van der Waals surface area (Å²) in [4.78, 5) is 21.5. The number of pyridine rings is 1. The lowest BCUT2D eigenvalue weighted by molar-refractivity contribution is 0.462. The first-order valence-electron chi connectivity index (χ1n) is 10.7. The van der Waals surface area contributed by atoms with Crippen molar-refractivity contribution >= 4 is 21.9 Å². The summed E-state index contributed by atoms with van der Waals surface area (Å²) in [5, 5.41) is 1.01. The molecule has 6 aromatic rings. The fourth-order valence-corrected chi connectivity index (χ4v) is 3.96. The molecule has 33 heavy (non-hydrogen) atoms. The summed E-state index contributed by atoms with van der Waals surface area (Å²) >= 11 is 0. The fraction of sp³-hybridized carbons (Fsp3) is 0.0370. The van der Waals surface area contributed by atoms with Crippen LogP contribution in [0.4, 0.5) is 0 Å². The molecule has 0 unspecified atom stereocenters. The van der Waals surface area contributed by atoms with Gasteiger partial charge in [0.15, 0.2) is 0 Å². The summed E-state index contributed by atoms with van der Waals surface area (Å²) in [6.07, 6.45) is 5.81. The van der Waals surface area contributed by atoms with E-state index in [9.17, 15) is 0 Å². The van der Waals surface area contributed by atoms with Crippen molar-refractivity contribution < 1.29 is 4.74 Å². The third kappa shape index (κ3) is 3.78. The number of rotatable bonds is 5. The van der Waals surface area contributed by atoms with Gasteiger partial charge in [-0.1, -0.05) is 42.5 Å². The van der Waals surface area contributed by atoms with Gasteiger partial charge in [-0.25, -0.2) is 15.0 Å². The summed E-state index contributed by atoms with van der Waals surface area (Å²) in [5.74, 6) is 2.09. The van der Waals surface area contributed by atoms with Crippen molar-refractivity contribution in [3.8, 4) is 22.9 Å². The Morgan fingerprint density at radius 3 is 2.45 bits per heavy atom. The Kier molecular flexibility index (Phi) is 4.73. The first-order chi connectivity index (χ1) is 16.3. The minimum Gasteiger partial charge on any atom is -0.437 e. The zero-order valence-corrected chi connectivity index (χ0v) is 17.6. The second kappa shape index (κ2) is 8.16. The van der Waals surface area contributed by atoms with Crippen LogP contribution in [0, 0.1) is 0 Å². The van der Waals surface area contributed by atoms with E-state index >= 15 is 0 Å². The van der Waals surface area contributed by atoms with E-state index in [0.717, 1.165) is 38.9 Å². The molecule has 0 aliphatic heterocycles. The number of aromatic amines is 1. The Labute approximate surface area is 190 Å². The van der Waals surface area contributed by atoms with Crippen LogP contribution in [0.1, 0.15) is 11.4 Å². The maximum atomic E-state index is 6.15. The molecule has 6 rings (SSSR count). The molecule has 1 N–H and O–H groups in total. The van der Waals surface area contributed by atoms with Gasteiger partial charge in [-0.15, -0.1) is 0 Å². The quantitative estimate of drug-likeness (QED) is 0.366. The Hall–Kier alpha value is -4.58. The molecule has 0 saturated carbocycles. The van der Waals surface area contributed by atoms with Crippen molar-refractivity contribution in [3.05, 3.63) is 109 Å². The third-order valence-electron chi connectivity index (χ3n) is 5.51. The van der Waals surface area contributed by atoms with Gasteiger partial charge in [-0.2, -0.15) is 0 Å². The molecule has 0 atom stereocenters. The molecule has 0 spiro atoms. The van der Waals surface area contributed by atoms with Crippen LogP contribution in [0.5, 0.6) is 11.6 Å². The molecule has 6 nitrogen and oxygen atoms in total. The van der Waals surface area contributed by atoms with E-state index in [0.29, 0.717) is 23.7 Å². The SMILES string of the molecule is c1ccc2[nH]c(Cc3ccc(Oc4nccnc4-c4cccc5ncccc45)cc3)nc2c1. The number of ether oxygens (including phenoxy) is 1. The monoisotopic (exact) mass is 429 g/mol. The molecule has 0 aliphatic rings. The van der Waals surface area contributed by atoms with Crippen molar-refractivity contribution in [2.45, 2.75) is 6.42 Å². The van der Waals surface area contributed by atoms with Crippen molar-refractivity contribution in [2.75, 3.05) is 0 Å². The molecular weight excluding hydrogens is 410 g/mol. The van der Waals surface area contributed by atoms with E-state index < -0.39 is 0 Å². The van der Waals surface area contributed by atoms with E-state index in [4.69, 9.17) is 4.74 Å². The zero-order chi connectivity index (χ0) is 22.0. The largest absolute Gasteiger partial charge is 0.437 e. The molecule has 6 heteroatoms. The smallest absolute Gasteiger partial charge is 0.246 e. The standard InChI is InChI=1S/C27H19N5O/c1-2-8-24-23(7-1)31-25(32-24)17-18-10-12-19(13-11-18)33-27-26(29-15-16-30-27)21-5-3-9-22-20(21)6-4-14-28-22/h1-16H,17H2,(H,31,32). The minimum atomic E-state index is 0.457. The topological polar surface area (TPSA) is 76.6 Å². The minimum absolute atomic E-state index is 0.457. The normalized spacial score (nSPS) is 11.2. The average molecular weight is 429 g/mol. The van der Waals surface area contributed by atoms with E-state index in [1.807, 2.05) is 78.9 Å². The number of para-hydroxylation sites is 2. The zero-order valence-electron chi connectivity index (χ0n) is 17.6. The summed E-state index contributed by atoms with van der Waals surface area (Å²) in [6.45, 7) is 0. The first-order valence-corrected chi connectivity index (χ1v) is 10.7. The van der Waals surface area contributed by atoms with Crippen molar-refractivity contribution in [2.24, 2.45) is 0 Å². The molecule has 0 saturated heterocycles. The van der Waals surface area contributed by atoms with Gasteiger partial charge in [-0.05, 0) is 42.0 Å². The van der Waals surface area contributed by atoms with Crippen LogP contribution in [0.3, 0.4) is 0 Å². The van der Waals surface area contributed by atoms with Crippen LogP contribution in [-0.2, 0) is 6.42 Å². The van der Waals surface area contributed by atoms with Gasteiger partial charge in [0.2, 0.25) is 5.88 Å². The lowest BCUT2D eigenvalue weighted by atomic mass is 10.1. The number of H-pyrrole nitrogens is 1. The van der Waals surface area contributed by atoms with Crippen molar-refractivity contribution in [3.63, 3.8) is 0 Å². The van der Waals surface area contributed by atoms with Crippen LogP contribution >= 0.6 is 0 Å². The van der Waals surface area contributed by atoms with Crippen LogP contribution in [0.25, 0.3) is 33.2 Å². The van der Waals surface area contributed by atoms with Crippen LogP contribution in [-0.4, -0.2) is 24.9 Å². The predicted molar refractivity (Wildman–Crippen MR) is 128 cm³/mol. The molecule has 0 fully saturated rings. The van der Waals surface area contributed by atoms with Gasteiger partial charge in [0.05, 0.1) is 16.6 Å². The number of aromatic nitrogens is 5. The van der Waals surface area contributed by atoms with E-state index in [2.05, 4.69) is 24.9 Å². The Bertz CT molecular complexity index is 1540. The Balaban J connectivity index is 1.27. The lowest BCUT2D eigenvalue weighted by Gasteiger charge is -2.11. The number of nitrogens with one attached hydrogen (secondary N) is 1.